The summed E-state index contributed by atoms with van der Waals surface area (Å²) in [5, 5.41) is 12.7. The molecule has 1 aromatic carbocycles. The van der Waals surface area contributed by atoms with Crippen LogP contribution in [0.1, 0.15) is 12.5 Å². The van der Waals surface area contributed by atoms with Crippen LogP contribution in [0.3, 0.4) is 0 Å². The Morgan fingerprint density at radius 1 is 1.43 bits per heavy atom. The molecule has 0 aliphatic carbocycles. The van der Waals surface area contributed by atoms with E-state index in [2.05, 4.69) is 22.7 Å². The minimum atomic E-state index is 0.916. The van der Waals surface area contributed by atoms with E-state index >= 15 is 0 Å². The third kappa shape index (κ3) is 1.27. The third-order valence-corrected chi connectivity index (χ3v) is 2.36. The van der Waals surface area contributed by atoms with Crippen LogP contribution in [-0.2, 0) is 6.54 Å². The summed E-state index contributed by atoms with van der Waals surface area (Å²) in [6, 6.07) is 8.08. The maximum atomic E-state index is 8.52. The summed E-state index contributed by atoms with van der Waals surface area (Å²) in [5.74, 6) is 0. The first-order valence-corrected chi connectivity index (χ1v) is 4.62. The molecule has 0 aliphatic rings. The molecule has 0 unspecified atom stereocenters. The first-order valence-electron chi connectivity index (χ1n) is 4.62. The maximum Gasteiger partial charge on any atom is 0.0755 e. The zero-order valence-corrected chi connectivity index (χ0v) is 8.01. The van der Waals surface area contributed by atoms with Gasteiger partial charge in [-0.2, -0.15) is 0 Å². The number of para-hydroxylation sites is 1. The predicted molar refractivity (Wildman–Crippen MR) is 57.0 cm³/mol. The van der Waals surface area contributed by atoms with Crippen molar-refractivity contribution < 1.29 is 5.21 Å². The van der Waals surface area contributed by atoms with E-state index in [9.17, 15) is 0 Å². The molecule has 0 spiro atoms. The van der Waals surface area contributed by atoms with Crippen molar-refractivity contribution in [1.82, 2.24) is 4.57 Å². The fraction of sp³-hybridized carbons (Fsp3) is 0.182. The molecule has 3 nitrogen and oxygen atoms in total. The molecule has 3 heteroatoms. The third-order valence-electron chi connectivity index (χ3n) is 2.36. The second-order valence-electron chi connectivity index (χ2n) is 3.13. The Labute approximate surface area is 82.3 Å². The fourth-order valence-electron chi connectivity index (χ4n) is 1.70. The van der Waals surface area contributed by atoms with Gasteiger partial charge in [0.2, 0.25) is 0 Å². The number of hydrogen-bond donors (Lipinski definition) is 1. The van der Waals surface area contributed by atoms with Crippen LogP contribution in [0.15, 0.2) is 35.6 Å². The lowest BCUT2D eigenvalue weighted by Gasteiger charge is -1.97. The van der Waals surface area contributed by atoms with Gasteiger partial charge in [0.25, 0.3) is 0 Å². The Balaban J connectivity index is 2.73. The number of rotatable bonds is 2. The quantitative estimate of drug-likeness (QED) is 0.439. The zero-order chi connectivity index (χ0) is 9.97. The molecular formula is C11H12N2O. The average molecular weight is 188 g/mol. The number of fused-ring (bicyclic) bond motifs is 1. The molecular weight excluding hydrogens is 176 g/mol. The molecule has 0 saturated carbocycles. The van der Waals surface area contributed by atoms with E-state index in [0.29, 0.717) is 0 Å². The van der Waals surface area contributed by atoms with Crippen molar-refractivity contribution in [2.45, 2.75) is 13.5 Å². The lowest BCUT2D eigenvalue weighted by Crippen LogP contribution is -1.89. The molecule has 0 aliphatic heterocycles. The number of hydrogen-bond acceptors (Lipinski definition) is 2. The van der Waals surface area contributed by atoms with Crippen molar-refractivity contribution in [3.05, 3.63) is 36.0 Å². The van der Waals surface area contributed by atoms with Gasteiger partial charge in [-0.15, -0.1) is 0 Å². The van der Waals surface area contributed by atoms with Gasteiger partial charge < -0.3 is 9.77 Å². The van der Waals surface area contributed by atoms with Crippen LogP contribution in [0.25, 0.3) is 10.9 Å². The Kier molecular flexibility index (Phi) is 2.23. The molecule has 2 rings (SSSR count). The molecule has 0 bridgehead atoms. The monoisotopic (exact) mass is 188 g/mol. The highest BCUT2D eigenvalue weighted by Gasteiger charge is 2.04. The summed E-state index contributed by atoms with van der Waals surface area (Å²) in [7, 11) is 0. The number of benzene rings is 1. The van der Waals surface area contributed by atoms with Crippen LogP contribution in [0.5, 0.6) is 0 Å². The standard InChI is InChI=1S/C11H12N2O/c1-2-13-8-9(7-12-14)10-5-3-4-6-11(10)13/h3-8,14H,2H2,1H3/b12-7-. The van der Waals surface area contributed by atoms with Crippen LogP contribution in [-0.4, -0.2) is 16.0 Å². The first-order chi connectivity index (χ1) is 6.86. The van der Waals surface area contributed by atoms with E-state index in [1.54, 1.807) is 0 Å². The van der Waals surface area contributed by atoms with Crippen molar-refractivity contribution in [3.63, 3.8) is 0 Å². The van der Waals surface area contributed by atoms with Crippen molar-refractivity contribution in [2.75, 3.05) is 0 Å². The first kappa shape index (κ1) is 8.81. The lowest BCUT2D eigenvalue weighted by molar-refractivity contribution is 0.322. The van der Waals surface area contributed by atoms with Gasteiger partial charge in [-0.25, -0.2) is 0 Å². The summed E-state index contributed by atoms with van der Waals surface area (Å²) in [5.41, 5.74) is 2.12. The van der Waals surface area contributed by atoms with E-state index in [1.165, 1.54) is 11.7 Å². The molecule has 0 saturated heterocycles. The van der Waals surface area contributed by atoms with E-state index in [4.69, 9.17) is 5.21 Å². The van der Waals surface area contributed by atoms with Gasteiger partial charge in [-0.3, -0.25) is 0 Å². The number of aryl methyl sites for hydroxylation is 1. The van der Waals surface area contributed by atoms with Crippen LogP contribution in [0.2, 0.25) is 0 Å². The van der Waals surface area contributed by atoms with Crippen LogP contribution in [0.4, 0.5) is 0 Å². The van der Waals surface area contributed by atoms with E-state index < -0.39 is 0 Å². The highest BCUT2D eigenvalue weighted by Crippen LogP contribution is 2.19. The minimum absolute atomic E-state index is 0.916. The van der Waals surface area contributed by atoms with Crippen LogP contribution in [0, 0.1) is 0 Å². The second-order valence-corrected chi connectivity index (χ2v) is 3.13. The molecule has 0 radical (unpaired) electrons. The van der Waals surface area contributed by atoms with Gasteiger partial charge in [0, 0.05) is 29.2 Å². The molecule has 2 aromatic rings. The average Bonchev–Trinajstić information content (AvgIpc) is 2.58. The lowest BCUT2D eigenvalue weighted by atomic mass is 10.2. The summed E-state index contributed by atoms with van der Waals surface area (Å²) >= 11 is 0. The fourth-order valence-corrected chi connectivity index (χ4v) is 1.70. The van der Waals surface area contributed by atoms with Gasteiger partial charge in [-0.05, 0) is 13.0 Å². The second kappa shape index (κ2) is 3.54. The normalized spacial score (nSPS) is 11.5. The molecule has 0 fully saturated rings. The van der Waals surface area contributed by atoms with E-state index in [1.807, 2.05) is 24.4 Å². The molecule has 1 aromatic heterocycles. The molecule has 72 valence electrons. The van der Waals surface area contributed by atoms with Crippen molar-refractivity contribution >= 4 is 17.1 Å². The molecule has 0 atom stereocenters. The van der Waals surface area contributed by atoms with Gasteiger partial charge >= 0.3 is 0 Å². The highest BCUT2D eigenvalue weighted by atomic mass is 16.4. The van der Waals surface area contributed by atoms with Crippen LogP contribution < -0.4 is 0 Å². The summed E-state index contributed by atoms with van der Waals surface area (Å²) in [4.78, 5) is 0. The van der Waals surface area contributed by atoms with Crippen molar-refractivity contribution in [3.8, 4) is 0 Å². The summed E-state index contributed by atoms with van der Waals surface area (Å²) in [6.45, 7) is 3.01. The smallest absolute Gasteiger partial charge is 0.0755 e. The number of nitrogens with zero attached hydrogens (tertiary/aromatic N) is 2. The number of oxime groups is 1. The number of aromatic nitrogens is 1. The molecule has 1 N–H and O–H groups in total. The maximum absolute atomic E-state index is 8.52. The Hall–Kier alpha value is -1.77. The Morgan fingerprint density at radius 2 is 2.21 bits per heavy atom. The van der Waals surface area contributed by atoms with Crippen molar-refractivity contribution in [1.29, 1.82) is 0 Å². The van der Waals surface area contributed by atoms with Gasteiger partial charge in [-0.1, -0.05) is 23.4 Å². The molecule has 14 heavy (non-hydrogen) atoms. The largest absolute Gasteiger partial charge is 0.411 e. The molecule has 0 amide bonds. The zero-order valence-electron chi connectivity index (χ0n) is 8.01. The van der Waals surface area contributed by atoms with Gasteiger partial charge in [0.05, 0.1) is 6.21 Å². The highest BCUT2D eigenvalue weighted by molar-refractivity contribution is 5.99. The topological polar surface area (TPSA) is 37.5 Å². The Bertz CT molecular complexity index is 471. The van der Waals surface area contributed by atoms with E-state index in [0.717, 1.165) is 17.5 Å². The van der Waals surface area contributed by atoms with Crippen LogP contribution >= 0.6 is 0 Å². The summed E-state index contributed by atoms with van der Waals surface area (Å²) < 4.78 is 2.13. The van der Waals surface area contributed by atoms with Crippen molar-refractivity contribution in [2.24, 2.45) is 5.16 Å². The summed E-state index contributed by atoms with van der Waals surface area (Å²) in [6.07, 6.45) is 3.46. The van der Waals surface area contributed by atoms with Gasteiger partial charge in [0.15, 0.2) is 0 Å². The predicted octanol–water partition coefficient (Wildman–Crippen LogP) is 2.47. The minimum Gasteiger partial charge on any atom is -0.411 e. The SMILES string of the molecule is CCn1cc(/C=N\O)c2ccccc21. The van der Waals surface area contributed by atoms with Gasteiger partial charge in [0.1, 0.15) is 0 Å². The Morgan fingerprint density at radius 3 is 2.93 bits per heavy atom. The molecule has 1 heterocycles. The van der Waals surface area contributed by atoms with E-state index in [-0.39, 0.29) is 0 Å².